The van der Waals surface area contributed by atoms with Crippen LogP contribution >= 0.6 is 11.6 Å². The van der Waals surface area contributed by atoms with Gasteiger partial charge in [0.2, 0.25) is 0 Å². The first-order valence-electron chi connectivity index (χ1n) is 9.25. The van der Waals surface area contributed by atoms with Crippen LogP contribution in [0.25, 0.3) is 11.3 Å². The molecule has 0 unspecified atom stereocenters. The van der Waals surface area contributed by atoms with E-state index >= 15 is 0 Å². The van der Waals surface area contributed by atoms with Gasteiger partial charge < -0.3 is 9.42 Å². The molecule has 1 aliphatic heterocycles. The molecule has 1 aromatic heterocycles. The van der Waals surface area contributed by atoms with Gasteiger partial charge in [-0.15, -0.1) is 0 Å². The highest BCUT2D eigenvalue weighted by molar-refractivity contribution is 6.31. The molecule has 0 spiro atoms. The Kier molecular flexibility index (Phi) is 5.05. The molecule has 1 saturated heterocycles. The van der Waals surface area contributed by atoms with E-state index in [1.165, 1.54) is 12.1 Å². The fourth-order valence-electron chi connectivity index (χ4n) is 3.90. The Morgan fingerprint density at radius 1 is 1.18 bits per heavy atom. The molecule has 0 saturated carbocycles. The summed E-state index contributed by atoms with van der Waals surface area (Å²) >= 11 is 6.33. The SMILES string of the molecule is Cc1onc(-c2ccccc2)c1N1CCC(c2ccc([N+](=O)[O-])cc2Cl)CC1. The number of hydrogen-bond acceptors (Lipinski definition) is 5. The molecule has 1 aliphatic rings. The highest BCUT2D eigenvalue weighted by Gasteiger charge is 2.27. The second kappa shape index (κ2) is 7.64. The number of non-ortho nitro benzene ring substituents is 1. The van der Waals surface area contributed by atoms with Crippen molar-refractivity contribution in [3.05, 3.63) is 75.0 Å². The molecule has 1 fully saturated rings. The number of nitro benzene ring substituents is 1. The molecule has 0 atom stereocenters. The first-order valence-corrected chi connectivity index (χ1v) is 9.63. The number of rotatable bonds is 4. The van der Waals surface area contributed by atoms with E-state index in [9.17, 15) is 10.1 Å². The van der Waals surface area contributed by atoms with Gasteiger partial charge in [0, 0.05) is 30.8 Å². The normalized spacial score (nSPS) is 15.0. The third kappa shape index (κ3) is 3.47. The lowest BCUT2D eigenvalue weighted by Gasteiger charge is -2.34. The molecule has 0 aliphatic carbocycles. The molecule has 2 aromatic carbocycles. The maximum absolute atomic E-state index is 10.9. The minimum atomic E-state index is -0.419. The van der Waals surface area contributed by atoms with Crippen molar-refractivity contribution in [2.75, 3.05) is 18.0 Å². The maximum atomic E-state index is 10.9. The van der Waals surface area contributed by atoms with Crippen molar-refractivity contribution in [2.24, 2.45) is 0 Å². The highest BCUT2D eigenvalue weighted by Crippen LogP contribution is 2.39. The number of anilines is 1. The van der Waals surface area contributed by atoms with Crippen molar-refractivity contribution in [2.45, 2.75) is 25.7 Å². The van der Waals surface area contributed by atoms with Crippen LogP contribution in [0, 0.1) is 17.0 Å². The summed E-state index contributed by atoms with van der Waals surface area (Å²) in [7, 11) is 0. The molecule has 4 rings (SSSR count). The predicted octanol–water partition coefficient (Wildman–Crippen LogP) is 5.60. The lowest BCUT2D eigenvalue weighted by molar-refractivity contribution is -0.384. The number of halogens is 1. The monoisotopic (exact) mass is 397 g/mol. The lowest BCUT2D eigenvalue weighted by Crippen LogP contribution is -2.33. The van der Waals surface area contributed by atoms with Crippen molar-refractivity contribution in [1.82, 2.24) is 5.16 Å². The average Bonchev–Trinajstić information content (AvgIpc) is 3.10. The van der Waals surface area contributed by atoms with Crippen LogP contribution in [-0.2, 0) is 0 Å². The Hall–Kier alpha value is -2.86. The number of nitrogens with zero attached hydrogens (tertiary/aromatic N) is 3. The number of benzene rings is 2. The Morgan fingerprint density at radius 3 is 2.54 bits per heavy atom. The third-order valence-electron chi connectivity index (χ3n) is 5.32. The van der Waals surface area contributed by atoms with Crippen LogP contribution in [0.4, 0.5) is 11.4 Å². The summed E-state index contributed by atoms with van der Waals surface area (Å²) in [6, 6.07) is 14.8. The largest absolute Gasteiger partial charge is 0.367 e. The Balaban J connectivity index is 1.53. The van der Waals surface area contributed by atoms with Gasteiger partial charge in [-0.2, -0.15) is 0 Å². The topological polar surface area (TPSA) is 72.4 Å². The summed E-state index contributed by atoms with van der Waals surface area (Å²) in [6.45, 7) is 3.63. The molecule has 0 N–H and O–H groups in total. The van der Waals surface area contributed by atoms with E-state index < -0.39 is 4.92 Å². The minimum absolute atomic E-state index is 0.0267. The second-order valence-electron chi connectivity index (χ2n) is 7.03. The first-order chi connectivity index (χ1) is 13.5. The summed E-state index contributed by atoms with van der Waals surface area (Å²) in [6.07, 6.45) is 1.83. The van der Waals surface area contributed by atoms with Gasteiger partial charge >= 0.3 is 0 Å². The third-order valence-corrected chi connectivity index (χ3v) is 5.65. The van der Waals surface area contributed by atoms with Gasteiger partial charge in [-0.1, -0.05) is 53.2 Å². The van der Waals surface area contributed by atoms with Crippen LogP contribution in [0.2, 0.25) is 5.02 Å². The van der Waals surface area contributed by atoms with Crippen LogP contribution in [0.1, 0.15) is 30.1 Å². The average molecular weight is 398 g/mol. The Labute approximate surface area is 167 Å². The second-order valence-corrected chi connectivity index (χ2v) is 7.43. The summed E-state index contributed by atoms with van der Waals surface area (Å²) in [5, 5.41) is 15.7. The number of nitro groups is 1. The molecule has 0 radical (unpaired) electrons. The predicted molar refractivity (Wildman–Crippen MR) is 109 cm³/mol. The molecule has 6 nitrogen and oxygen atoms in total. The van der Waals surface area contributed by atoms with E-state index in [0.717, 1.165) is 54.2 Å². The summed E-state index contributed by atoms with van der Waals surface area (Å²) in [5.41, 5.74) is 3.95. The number of aromatic nitrogens is 1. The Bertz CT molecular complexity index is 995. The molecular formula is C21H20ClN3O3. The van der Waals surface area contributed by atoms with Crippen LogP contribution in [0.5, 0.6) is 0 Å². The van der Waals surface area contributed by atoms with Crippen molar-refractivity contribution >= 4 is 23.0 Å². The van der Waals surface area contributed by atoms with Crippen molar-refractivity contribution in [1.29, 1.82) is 0 Å². The fourth-order valence-corrected chi connectivity index (χ4v) is 4.23. The van der Waals surface area contributed by atoms with E-state index in [0.29, 0.717) is 5.02 Å². The van der Waals surface area contributed by atoms with E-state index in [1.54, 1.807) is 6.07 Å². The fraction of sp³-hybridized carbons (Fsp3) is 0.286. The van der Waals surface area contributed by atoms with E-state index in [4.69, 9.17) is 16.1 Å². The molecule has 7 heteroatoms. The number of aryl methyl sites for hydroxylation is 1. The van der Waals surface area contributed by atoms with Crippen LogP contribution in [0.3, 0.4) is 0 Å². The molecule has 0 amide bonds. The Morgan fingerprint density at radius 2 is 1.89 bits per heavy atom. The molecule has 144 valence electrons. The van der Waals surface area contributed by atoms with Crippen LogP contribution in [-0.4, -0.2) is 23.2 Å². The quantitative estimate of drug-likeness (QED) is 0.423. The highest BCUT2D eigenvalue weighted by atomic mass is 35.5. The van der Waals surface area contributed by atoms with Gasteiger partial charge in [0.15, 0.2) is 5.76 Å². The zero-order valence-corrected chi connectivity index (χ0v) is 16.2. The number of hydrogen-bond donors (Lipinski definition) is 0. The van der Waals surface area contributed by atoms with Crippen LogP contribution < -0.4 is 4.90 Å². The minimum Gasteiger partial charge on any atom is -0.367 e. The summed E-state index contributed by atoms with van der Waals surface area (Å²) < 4.78 is 5.49. The smallest absolute Gasteiger partial charge is 0.270 e. The first kappa shape index (κ1) is 18.5. The van der Waals surface area contributed by atoms with Crippen molar-refractivity contribution in [3.63, 3.8) is 0 Å². The van der Waals surface area contributed by atoms with Crippen molar-refractivity contribution in [3.8, 4) is 11.3 Å². The summed E-state index contributed by atoms with van der Waals surface area (Å²) in [4.78, 5) is 12.8. The lowest BCUT2D eigenvalue weighted by atomic mass is 9.89. The standard InChI is InChI=1S/C21H20ClN3O3/c1-14-21(20(23-28-14)16-5-3-2-4-6-16)24-11-9-15(10-12-24)18-8-7-17(25(26)27)13-19(18)22/h2-8,13,15H,9-12H2,1H3. The molecular weight excluding hydrogens is 378 g/mol. The summed E-state index contributed by atoms with van der Waals surface area (Å²) in [5.74, 6) is 1.09. The zero-order valence-electron chi connectivity index (χ0n) is 15.5. The molecule has 0 bridgehead atoms. The van der Waals surface area contributed by atoms with Gasteiger partial charge in [-0.3, -0.25) is 10.1 Å². The van der Waals surface area contributed by atoms with E-state index in [2.05, 4.69) is 10.1 Å². The van der Waals surface area contributed by atoms with Gasteiger partial charge in [0.1, 0.15) is 11.4 Å². The van der Waals surface area contributed by atoms with E-state index in [1.807, 2.05) is 37.3 Å². The van der Waals surface area contributed by atoms with Crippen molar-refractivity contribution < 1.29 is 9.45 Å². The maximum Gasteiger partial charge on any atom is 0.270 e. The van der Waals surface area contributed by atoms with Crippen LogP contribution in [0.15, 0.2) is 53.1 Å². The van der Waals surface area contributed by atoms with Gasteiger partial charge in [0.05, 0.1) is 9.95 Å². The van der Waals surface area contributed by atoms with Gasteiger partial charge in [-0.25, -0.2) is 0 Å². The molecule has 28 heavy (non-hydrogen) atoms. The van der Waals surface area contributed by atoms with Gasteiger partial charge in [0.25, 0.3) is 5.69 Å². The van der Waals surface area contributed by atoms with E-state index in [-0.39, 0.29) is 11.6 Å². The zero-order chi connectivity index (χ0) is 19.7. The number of piperidine rings is 1. The molecule has 2 heterocycles. The molecule has 3 aromatic rings. The van der Waals surface area contributed by atoms with Gasteiger partial charge in [-0.05, 0) is 31.2 Å².